The molecule has 0 spiro atoms. The number of benzene rings is 1. The summed E-state index contributed by atoms with van der Waals surface area (Å²) in [7, 11) is -3.60. The van der Waals surface area contributed by atoms with Crippen molar-refractivity contribution in [2.75, 3.05) is 32.7 Å². The Labute approximate surface area is 142 Å². The Hall–Kier alpha value is -1.93. The minimum absolute atomic E-state index is 0.159. The molecule has 1 aliphatic rings. The molecule has 0 saturated carbocycles. The highest BCUT2D eigenvalue weighted by Gasteiger charge is 2.28. The van der Waals surface area contributed by atoms with E-state index in [9.17, 15) is 18.0 Å². The molecule has 0 atom stereocenters. The lowest BCUT2D eigenvalue weighted by molar-refractivity contribution is -0.119. The number of piperazine rings is 1. The number of hydrogen-bond acceptors (Lipinski definition) is 4. The first-order chi connectivity index (χ1) is 11.5. The number of carbonyl (C=O) groups is 2. The lowest BCUT2D eigenvalue weighted by atomic mass is 10.2. The normalized spacial score (nSPS) is 16.0. The van der Waals surface area contributed by atoms with E-state index >= 15 is 0 Å². The Morgan fingerprint density at radius 3 is 2.33 bits per heavy atom. The first-order valence-corrected chi connectivity index (χ1v) is 9.51. The highest BCUT2D eigenvalue weighted by atomic mass is 32.2. The van der Waals surface area contributed by atoms with Crippen LogP contribution in [0.5, 0.6) is 0 Å². The summed E-state index contributed by atoms with van der Waals surface area (Å²) in [5, 5.41) is 2.80. The van der Waals surface area contributed by atoms with Gasteiger partial charge >= 0.3 is 0 Å². The van der Waals surface area contributed by atoms with Crippen LogP contribution in [0.25, 0.3) is 0 Å². The van der Waals surface area contributed by atoms with Crippen LogP contribution in [0, 0.1) is 0 Å². The lowest BCUT2D eigenvalue weighted by Crippen LogP contribution is -2.47. The van der Waals surface area contributed by atoms with Crippen LogP contribution in [-0.4, -0.2) is 62.7 Å². The Bertz CT molecular complexity index is 665. The van der Waals surface area contributed by atoms with Crippen LogP contribution >= 0.6 is 0 Å². The van der Waals surface area contributed by atoms with E-state index in [1.165, 1.54) is 28.6 Å². The van der Waals surface area contributed by atoms with Crippen LogP contribution in [0.3, 0.4) is 0 Å². The van der Waals surface area contributed by atoms with E-state index in [1.54, 1.807) is 4.90 Å². The third-order valence-electron chi connectivity index (χ3n) is 3.99. The van der Waals surface area contributed by atoms with Crippen molar-refractivity contribution >= 4 is 22.3 Å². The summed E-state index contributed by atoms with van der Waals surface area (Å²) >= 11 is 0. The number of hydrogen-bond donors (Lipinski definition) is 1. The summed E-state index contributed by atoms with van der Waals surface area (Å²) in [5.41, 5.74) is 0.441. The van der Waals surface area contributed by atoms with Gasteiger partial charge in [0.1, 0.15) is 0 Å². The zero-order chi connectivity index (χ0) is 17.6. The molecule has 1 heterocycles. The summed E-state index contributed by atoms with van der Waals surface area (Å²) in [6.07, 6.45) is 2.63. The third-order valence-corrected chi connectivity index (χ3v) is 5.91. The molecular formula is C16H23N3O4S. The van der Waals surface area contributed by atoms with E-state index in [4.69, 9.17) is 0 Å². The third kappa shape index (κ3) is 4.33. The fraction of sp³-hybridized carbons (Fsp3) is 0.500. The summed E-state index contributed by atoms with van der Waals surface area (Å²) in [6, 6.07) is 5.96. The Balaban J connectivity index is 2.04. The van der Waals surface area contributed by atoms with Gasteiger partial charge < -0.3 is 10.2 Å². The molecule has 1 aromatic rings. The number of sulfonamides is 1. The maximum absolute atomic E-state index is 12.6. The number of amides is 2. The smallest absolute Gasteiger partial charge is 0.251 e. The summed E-state index contributed by atoms with van der Waals surface area (Å²) in [5.74, 6) is -0.202. The minimum atomic E-state index is -3.60. The molecule has 0 radical (unpaired) electrons. The summed E-state index contributed by atoms with van der Waals surface area (Å²) in [6.45, 7) is 3.99. The van der Waals surface area contributed by atoms with Gasteiger partial charge in [0.2, 0.25) is 16.4 Å². The number of rotatable bonds is 7. The van der Waals surface area contributed by atoms with Crippen LogP contribution in [-0.2, 0) is 14.8 Å². The van der Waals surface area contributed by atoms with E-state index in [0.29, 0.717) is 25.2 Å². The van der Waals surface area contributed by atoms with Gasteiger partial charge in [-0.15, -0.1) is 0 Å². The molecule has 7 nitrogen and oxygen atoms in total. The van der Waals surface area contributed by atoms with Crippen LogP contribution in [0.1, 0.15) is 30.1 Å². The van der Waals surface area contributed by atoms with Crippen molar-refractivity contribution in [2.45, 2.75) is 24.7 Å². The first kappa shape index (κ1) is 18.4. The van der Waals surface area contributed by atoms with Gasteiger partial charge in [0.15, 0.2) is 0 Å². The largest absolute Gasteiger partial charge is 0.352 e. The molecule has 2 rings (SSSR count). The van der Waals surface area contributed by atoms with E-state index in [0.717, 1.165) is 19.3 Å². The second kappa shape index (κ2) is 8.25. The minimum Gasteiger partial charge on any atom is -0.352 e. The first-order valence-electron chi connectivity index (χ1n) is 8.06. The SMILES string of the molecule is CCCCNC(=O)c1ccc(S(=O)(=O)N2CCN(C=O)CC2)cc1. The van der Waals surface area contributed by atoms with Gasteiger partial charge in [0, 0.05) is 38.3 Å². The maximum atomic E-state index is 12.6. The van der Waals surface area contributed by atoms with Crippen LogP contribution < -0.4 is 5.32 Å². The highest BCUT2D eigenvalue weighted by molar-refractivity contribution is 7.89. The van der Waals surface area contributed by atoms with E-state index in [2.05, 4.69) is 5.32 Å². The molecule has 0 bridgehead atoms. The van der Waals surface area contributed by atoms with Crippen molar-refractivity contribution < 1.29 is 18.0 Å². The molecule has 0 aliphatic carbocycles. The molecule has 2 amide bonds. The van der Waals surface area contributed by atoms with E-state index in [-0.39, 0.29) is 23.9 Å². The molecule has 1 aromatic carbocycles. The molecule has 1 saturated heterocycles. The van der Waals surface area contributed by atoms with Gasteiger partial charge in [-0.2, -0.15) is 4.31 Å². The van der Waals surface area contributed by atoms with Gasteiger partial charge in [-0.05, 0) is 30.7 Å². The average molecular weight is 353 g/mol. The number of nitrogens with zero attached hydrogens (tertiary/aromatic N) is 2. The van der Waals surface area contributed by atoms with Gasteiger partial charge in [-0.3, -0.25) is 9.59 Å². The molecule has 1 aliphatic heterocycles. The molecule has 0 aromatic heterocycles. The second-order valence-electron chi connectivity index (χ2n) is 5.68. The average Bonchev–Trinajstić information content (AvgIpc) is 2.62. The van der Waals surface area contributed by atoms with Crippen molar-refractivity contribution in [1.29, 1.82) is 0 Å². The molecular weight excluding hydrogens is 330 g/mol. The molecule has 1 N–H and O–H groups in total. The van der Waals surface area contributed by atoms with Gasteiger partial charge in [0.05, 0.1) is 4.90 Å². The highest BCUT2D eigenvalue weighted by Crippen LogP contribution is 2.18. The molecule has 132 valence electrons. The zero-order valence-corrected chi connectivity index (χ0v) is 14.6. The Morgan fingerprint density at radius 2 is 1.79 bits per heavy atom. The number of nitrogens with one attached hydrogen (secondary N) is 1. The van der Waals surface area contributed by atoms with Crippen molar-refractivity contribution in [3.63, 3.8) is 0 Å². The second-order valence-corrected chi connectivity index (χ2v) is 7.62. The predicted octanol–water partition coefficient (Wildman–Crippen LogP) is 0.679. The van der Waals surface area contributed by atoms with Crippen molar-refractivity contribution in [2.24, 2.45) is 0 Å². The maximum Gasteiger partial charge on any atom is 0.251 e. The van der Waals surface area contributed by atoms with Gasteiger partial charge in [0.25, 0.3) is 5.91 Å². The van der Waals surface area contributed by atoms with Gasteiger partial charge in [-0.1, -0.05) is 13.3 Å². The molecule has 24 heavy (non-hydrogen) atoms. The fourth-order valence-electron chi connectivity index (χ4n) is 2.46. The summed E-state index contributed by atoms with van der Waals surface area (Å²) < 4.78 is 26.5. The fourth-order valence-corrected chi connectivity index (χ4v) is 3.88. The van der Waals surface area contributed by atoms with Crippen molar-refractivity contribution in [3.8, 4) is 0 Å². The molecule has 8 heteroatoms. The van der Waals surface area contributed by atoms with Crippen LogP contribution in [0.4, 0.5) is 0 Å². The molecule has 0 unspecified atom stereocenters. The zero-order valence-electron chi connectivity index (χ0n) is 13.8. The monoisotopic (exact) mass is 353 g/mol. The number of unbranched alkanes of at least 4 members (excludes halogenated alkanes) is 1. The predicted molar refractivity (Wildman–Crippen MR) is 90.1 cm³/mol. The van der Waals surface area contributed by atoms with E-state index in [1.807, 2.05) is 6.92 Å². The van der Waals surface area contributed by atoms with Gasteiger partial charge in [-0.25, -0.2) is 8.42 Å². The van der Waals surface area contributed by atoms with Crippen LogP contribution in [0.15, 0.2) is 29.2 Å². The van der Waals surface area contributed by atoms with Crippen LogP contribution in [0.2, 0.25) is 0 Å². The van der Waals surface area contributed by atoms with E-state index < -0.39 is 10.0 Å². The quantitative estimate of drug-likeness (QED) is 0.577. The van der Waals surface area contributed by atoms with Crippen molar-refractivity contribution in [3.05, 3.63) is 29.8 Å². The Kier molecular flexibility index (Phi) is 6.33. The Morgan fingerprint density at radius 1 is 1.17 bits per heavy atom. The van der Waals surface area contributed by atoms with Crippen molar-refractivity contribution in [1.82, 2.24) is 14.5 Å². The standard InChI is InChI=1S/C16H23N3O4S/c1-2-3-8-17-16(21)14-4-6-15(7-5-14)24(22,23)19-11-9-18(13-20)10-12-19/h4-7,13H,2-3,8-12H2,1H3,(H,17,21). The lowest BCUT2D eigenvalue weighted by Gasteiger charge is -2.31. The molecule has 1 fully saturated rings. The summed E-state index contributed by atoms with van der Waals surface area (Å²) in [4.78, 5) is 24.4. The number of carbonyl (C=O) groups excluding carboxylic acids is 2. The topological polar surface area (TPSA) is 86.8 Å².